The molecule has 2 aromatic carbocycles. The molecule has 19 heavy (non-hydrogen) atoms. The molecular formula is C16H16BrNO. The quantitative estimate of drug-likeness (QED) is 0.834. The zero-order valence-corrected chi connectivity index (χ0v) is 12.3. The second-order valence-electron chi connectivity index (χ2n) is 4.79. The van der Waals surface area contributed by atoms with Crippen LogP contribution in [0.5, 0.6) is 5.75 Å². The Morgan fingerprint density at radius 1 is 1.05 bits per heavy atom. The number of nitrogens with zero attached hydrogens (tertiary/aromatic N) is 1. The Bertz CT molecular complexity index is 553. The molecule has 0 amide bonds. The highest BCUT2D eigenvalue weighted by atomic mass is 79.9. The van der Waals surface area contributed by atoms with Gasteiger partial charge >= 0.3 is 0 Å². The zero-order chi connectivity index (χ0) is 13.1. The molecule has 1 aliphatic rings. The molecule has 2 aromatic rings. The van der Waals surface area contributed by atoms with Gasteiger partial charge in [0.15, 0.2) is 0 Å². The van der Waals surface area contributed by atoms with Crippen molar-refractivity contribution in [1.82, 2.24) is 4.90 Å². The van der Waals surface area contributed by atoms with Crippen LogP contribution in [0.1, 0.15) is 11.1 Å². The van der Waals surface area contributed by atoms with Gasteiger partial charge in [-0.05, 0) is 23.8 Å². The van der Waals surface area contributed by atoms with E-state index in [1.54, 1.807) is 0 Å². The fourth-order valence-corrected chi connectivity index (χ4v) is 2.63. The molecule has 3 heteroatoms. The third-order valence-corrected chi connectivity index (χ3v) is 3.88. The molecule has 0 saturated carbocycles. The zero-order valence-electron chi connectivity index (χ0n) is 10.7. The van der Waals surface area contributed by atoms with Crippen LogP contribution >= 0.6 is 15.9 Å². The highest BCUT2D eigenvalue weighted by molar-refractivity contribution is 9.10. The standard InChI is InChI=1S/C16H16BrNO/c17-15-7-5-13(6-8-15)11-18-9-10-19-16-4-2-1-3-14(16)12-18/h1-8H,9-12H2. The Labute approximate surface area is 122 Å². The van der Waals surface area contributed by atoms with Crippen LogP contribution in [0.25, 0.3) is 0 Å². The van der Waals surface area contributed by atoms with Gasteiger partial charge in [-0.3, -0.25) is 4.90 Å². The Kier molecular flexibility index (Phi) is 3.85. The Morgan fingerprint density at radius 2 is 1.84 bits per heavy atom. The number of rotatable bonds is 2. The minimum absolute atomic E-state index is 0.757. The lowest BCUT2D eigenvalue weighted by molar-refractivity contribution is 0.219. The first-order chi connectivity index (χ1) is 9.31. The summed E-state index contributed by atoms with van der Waals surface area (Å²) in [6.45, 7) is 3.63. The van der Waals surface area contributed by atoms with E-state index in [9.17, 15) is 0 Å². The third-order valence-electron chi connectivity index (χ3n) is 3.35. The molecule has 0 bridgehead atoms. The highest BCUT2D eigenvalue weighted by Crippen LogP contribution is 2.23. The molecule has 0 aliphatic carbocycles. The summed E-state index contributed by atoms with van der Waals surface area (Å²) in [5.74, 6) is 1.03. The fraction of sp³-hybridized carbons (Fsp3) is 0.250. The lowest BCUT2D eigenvalue weighted by atomic mass is 10.1. The molecule has 0 unspecified atom stereocenters. The van der Waals surface area contributed by atoms with Crippen LogP contribution in [0.4, 0.5) is 0 Å². The van der Waals surface area contributed by atoms with Gasteiger partial charge < -0.3 is 4.74 Å². The number of halogens is 1. The van der Waals surface area contributed by atoms with E-state index in [-0.39, 0.29) is 0 Å². The third kappa shape index (κ3) is 3.17. The summed E-state index contributed by atoms with van der Waals surface area (Å²) in [4.78, 5) is 2.43. The molecule has 2 nitrogen and oxygen atoms in total. The first-order valence-electron chi connectivity index (χ1n) is 6.49. The molecule has 1 aliphatic heterocycles. The van der Waals surface area contributed by atoms with E-state index < -0.39 is 0 Å². The Balaban J connectivity index is 1.74. The van der Waals surface area contributed by atoms with Crippen molar-refractivity contribution < 1.29 is 4.74 Å². The molecule has 1 heterocycles. The molecule has 0 aromatic heterocycles. The average Bonchev–Trinajstić information content (AvgIpc) is 2.63. The maximum Gasteiger partial charge on any atom is 0.123 e. The van der Waals surface area contributed by atoms with E-state index in [2.05, 4.69) is 63.3 Å². The molecule has 0 spiro atoms. The maximum atomic E-state index is 5.79. The van der Waals surface area contributed by atoms with Crippen LogP contribution in [0, 0.1) is 0 Å². The van der Waals surface area contributed by atoms with Gasteiger partial charge in [-0.25, -0.2) is 0 Å². The van der Waals surface area contributed by atoms with Crippen molar-refractivity contribution in [3.63, 3.8) is 0 Å². The second kappa shape index (κ2) is 5.76. The van der Waals surface area contributed by atoms with E-state index in [1.807, 2.05) is 6.07 Å². The van der Waals surface area contributed by atoms with Gasteiger partial charge in [0.25, 0.3) is 0 Å². The minimum Gasteiger partial charge on any atom is -0.492 e. The number of fused-ring (bicyclic) bond motifs is 1. The summed E-state index contributed by atoms with van der Waals surface area (Å²) in [6, 6.07) is 16.8. The van der Waals surface area contributed by atoms with Crippen molar-refractivity contribution in [3.8, 4) is 5.75 Å². The first-order valence-corrected chi connectivity index (χ1v) is 7.28. The summed E-state index contributed by atoms with van der Waals surface area (Å²) in [5.41, 5.74) is 2.61. The van der Waals surface area contributed by atoms with Gasteiger partial charge in [0, 0.05) is 29.7 Å². The number of ether oxygens (including phenoxy) is 1. The number of benzene rings is 2. The van der Waals surface area contributed by atoms with Crippen molar-refractivity contribution in [2.24, 2.45) is 0 Å². The molecule has 0 fully saturated rings. The molecular weight excluding hydrogens is 302 g/mol. The normalized spacial score (nSPS) is 15.4. The molecule has 0 atom stereocenters. The van der Waals surface area contributed by atoms with Crippen molar-refractivity contribution in [3.05, 3.63) is 64.1 Å². The number of para-hydroxylation sites is 1. The lowest BCUT2D eigenvalue weighted by Gasteiger charge is -2.19. The minimum atomic E-state index is 0.757. The summed E-state index contributed by atoms with van der Waals surface area (Å²) >= 11 is 3.47. The Hall–Kier alpha value is -1.32. The maximum absolute atomic E-state index is 5.79. The molecule has 0 N–H and O–H groups in total. The van der Waals surface area contributed by atoms with Crippen molar-refractivity contribution >= 4 is 15.9 Å². The smallest absolute Gasteiger partial charge is 0.123 e. The van der Waals surface area contributed by atoms with E-state index in [0.717, 1.165) is 36.5 Å². The summed E-state index contributed by atoms with van der Waals surface area (Å²) in [7, 11) is 0. The molecule has 0 radical (unpaired) electrons. The Morgan fingerprint density at radius 3 is 2.68 bits per heavy atom. The van der Waals surface area contributed by atoms with Crippen molar-refractivity contribution in [2.45, 2.75) is 13.1 Å². The summed E-state index contributed by atoms with van der Waals surface area (Å²) in [6.07, 6.45) is 0. The second-order valence-corrected chi connectivity index (χ2v) is 5.71. The first kappa shape index (κ1) is 12.7. The van der Waals surface area contributed by atoms with Crippen LogP contribution in [0.15, 0.2) is 53.0 Å². The molecule has 0 saturated heterocycles. The molecule has 3 rings (SSSR count). The van der Waals surface area contributed by atoms with Crippen LogP contribution in [-0.2, 0) is 13.1 Å². The predicted molar refractivity (Wildman–Crippen MR) is 80.2 cm³/mol. The SMILES string of the molecule is Brc1ccc(CN2CCOc3ccccc3C2)cc1. The highest BCUT2D eigenvalue weighted by Gasteiger charge is 2.14. The largest absolute Gasteiger partial charge is 0.492 e. The van der Waals surface area contributed by atoms with E-state index in [1.165, 1.54) is 11.1 Å². The molecule has 98 valence electrons. The van der Waals surface area contributed by atoms with Crippen LogP contribution < -0.4 is 4.74 Å². The van der Waals surface area contributed by atoms with Gasteiger partial charge in [0.2, 0.25) is 0 Å². The van der Waals surface area contributed by atoms with Gasteiger partial charge in [-0.1, -0.05) is 46.3 Å². The fourth-order valence-electron chi connectivity index (χ4n) is 2.36. The van der Waals surface area contributed by atoms with Gasteiger partial charge in [0.05, 0.1) is 0 Å². The van der Waals surface area contributed by atoms with Gasteiger partial charge in [-0.2, -0.15) is 0 Å². The van der Waals surface area contributed by atoms with E-state index in [4.69, 9.17) is 4.74 Å². The monoisotopic (exact) mass is 317 g/mol. The van der Waals surface area contributed by atoms with Crippen molar-refractivity contribution in [2.75, 3.05) is 13.2 Å². The van der Waals surface area contributed by atoms with E-state index >= 15 is 0 Å². The summed E-state index contributed by atoms with van der Waals surface area (Å²) < 4.78 is 6.91. The number of hydrogen-bond acceptors (Lipinski definition) is 2. The van der Waals surface area contributed by atoms with E-state index in [0.29, 0.717) is 0 Å². The predicted octanol–water partition coefficient (Wildman–Crippen LogP) is 3.84. The van der Waals surface area contributed by atoms with Crippen molar-refractivity contribution in [1.29, 1.82) is 0 Å². The van der Waals surface area contributed by atoms with Gasteiger partial charge in [-0.15, -0.1) is 0 Å². The average molecular weight is 318 g/mol. The van der Waals surface area contributed by atoms with Crippen LogP contribution in [-0.4, -0.2) is 18.1 Å². The summed E-state index contributed by atoms with van der Waals surface area (Å²) in [5, 5.41) is 0. The topological polar surface area (TPSA) is 12.5 Å². The number of hydrogen-bond donors (Lipinski definition) is 0. The van der Waals surface area contributed by atoms with Crippen LogP contribution in [0.3, 0.4) is 0 Å². The van der Waals surface area contributed by atoms with Gasteiger partial charge in [0.1, 0.15) is 12.4 Å². The lowest BCUT2D eigenvalue weighted by Crippen LogP contribution is -2.25. The van der Waals surface area contributed by atoms with Crippen LogP contribution in [0.2, 0.25) is 0 Å².